The van der Waals surface area contributed by atoms with Crippen LogP contribution in [0.2, 0.25) is 0 Å². The molecule has 0 spiro atoms. The van der Waals surface area contributed by atoms with Gasteiger partial charge < -0.3 is 19.2 Å². The number of fused-ring (bicyclic) bond motifs is 1. The molecule has 0 radical (unpaired) electrons. The van der Waals surface area contributed by atoms with Crippen molar-refractivity contribution in [3.63, 3.8) is 0 Å². The highest BCUT2D eigenvalue weighted by atomic mass is 16.5. The zero-order valence-electron chi connectivity index (χ0n) is 13.1. The van der Waals surface area contributed by atoms with Gasteiger partial charge in [-0.15, -0.1) is 0 Å². The highest BCUT2D eigenvalue weighted by Crippen LogP contribution is 2.35. The number of aromatic amines is 1. The summed E-state index contributed by atoms with van der Waals surface area (Å²) in [5, 5.41) is 11.1. The van der Waals surface area contributed by atoms with E-state index in [4.69, 9.17) is 9.15 Å². The molecule has 2 heterocycles. The van der Waals surface area contributed by atoms with Crippen molar-refractivity contribution >= 4 is 16.9 Å². The minimum atomic E-state index is -0.729. The van der Waals surface area contributed by atoms with Crippen LogP contribution in [0.4, 0.5) is 0 Å². The van der Waals surface area contributed by atoms with Crippen LogP contribution in [0.3, 0.4) is 0 Å². The van der Waals surface area contributed by atoms with Crippen molar-refractivity contribution in [1.29, 1.82) is 0 Å². The van der Waals surface area contributed by atoms with E-state index < -0.39 is 17.4 Å². The van der Waals surface area contributed by atoms with Crippen LogP contribution in [0.25, 0.3) is 10.9 Å². The van der Waals surface area contributed by atoms with Crippen molar-refractivity contribution in [2.75, 3.05) is 6.61 Å². The third-order valence-electron chi connectivity index (χ3n) is 3.84. The first-order valence-electron chi connectivity index (χ1n) is 7.64. The number of carbonyl (C=O) groups is 1. The minimum Gasteiger partial charge on any atom is -0.507 e. The van der Waals surface area contributed by atoms with Crippen LogP contribution in [0.15, 0.2) is 51.9 Å². The number of furan rings is 1. The lowest BCUT2D eigenvalue weighted by Gasteiger charge is -2.16. The lowest BCUT2D eigenvalue weighted by atomic mass is 9.92. The number of aromatic hydroxyl groups is 1. The molecule has 24 heavy (non-hydrogen) atoms. The summed E-state index contributed by atoms with van der Waals surface area (Å²) in [6.45, 7) is 1.95. The fraction of sp³-hybridized carbons (Fsp3) is 0.222. The molecule has 6 nitrogen and oxygen atoms in total. The molecule has 1 atom stereocenters. The number of nitrogens with one attached hydrogen (secondary N) is 1. The van der Waals surface area contributed by atoms with E-state index in [2.05, 4.69) is 4.98 Å². The molecule has 124 valence electrons. The molecule has 3 aromatic rings. The normalized spacial score (nSPS) is 12.2. The van der Waals surface area contributed by atoms with Gasteiger partial charge in [0.15, 0.2) is 0 Å². The summed E-state index contributed by atoms with van der Waals surface area (Å²) in [6, 6.07) is 10.3. The highest BCUT2D eigenvalue weighted by molar-refractivity contribution is 5.86. The van der Waals surface area contributed by atoms with Gasteiger partial charge in [0.25, 0.3) is 5.56 Å². The predicted octanol–water partition coefficient (Wildman–Crippen LogP) is 2.91. The van der Waals surface area contributed by atoms with E-state index in [-0.39, 0.29) is 24.3 Å². The van der Waals surface area contributed by atoms with E-state index in [0.717, 1.165) is 0 Å². The first-order valence-corrected chi connectivity index (χ1v) is 7.64. The van der Waals surface area contributed by atoms with Crippen LogP contribution in [0, 0.1) is 0 Å². The number of esters is 1. The molecule has 1 unspecified atom stereocenters. The van der Waals surface area contributed by atoms with Crippen LogP contribution in [-0.2, 0) is 9.53 Å². The monoisotopic (exact) mass is 327 g/mol. The van der Waals surface area contributed by atoms with Crippen molar-refractivity contribution in [1.82, 2.24) is 4.98 Å². The van der Waals surface area contributed by atoms with Gasteiger partial charge in [-0.25, -0.2) is 0 Å². The molecule has 0 saturated carbocycles. The predicted molar refractivity (Wildman–Crippen MR) is 88.0 cm³/mol. The Morgan fingerprint density at radius 1 is 1.29 bits per heavy atom. The maximum absolute atomic E-state index is 12.5. The second-order valence-electron chi connectivity index (χ2n) is 5.34. The van der Waals surface area contributed by atoms with Crippen molar-refractivity contribution in [2.45, 2.75) is 19.3 Å². The van der Waals surface area contributed by atoms with E-state index in [0.29, 0.717) is 16.7 Å². The molecule has 2 aromatic heterocycles. The maximum Gasteiger partial charge on any atom is 0.306 e. The number of carbonyl (C=O) groups excluding carboxylic acids is 1. The van der Waals surface area contributed by atoms with E-state index in [9.17, 15) is 14.7 Å². The average molecular weight is 327 g/mol. The summed E-state index contributed by atoms with van der Waals surface area (Å²) in [7, 11) is 0. The molecule has 0 fully saturated rings. The number of hydrogen-bond acceptors (Lipinski definition) is 5. The van der Waals surface area contributed by atoms with Crippen LogP contribution in [0.5, 0.6) is 5.75 Å². The van der Waals surface area contributed by atoms with Crippen LogP contribution in [-0.4, -0.2) is 22.7 Å². The van der Waals surface area contributed by atoms with Gasteiger partial charge in [0.05, 0.1) is 36.3 Å². The van der Waals surface area contributed by atoms with Crippen molar-refractivity contribution in [2.24, 2.45) is 0 Å². The molecule has 2 N–H and O–H groups in total. The fourth-order valence-corrected chi connectivity index (χ4v) is 2.79. The summed E-state index contributed by atoms with van der Waals surface area (Å²) in [6.07, 6.45) is 1.36. The van der Waals surface area contributed by atoms with Gasteiger partial charge in [0, 0.05) is 5.39 Å². The van der Waals surface area contributed by atoms with Gasteiger partial charge in [0.2, 0.25) is 0 Å². The third kappa shape index (κ3) is 2.90. The standard InChI is InChI=1S/C18H17NO5/c1-2-23-15(20)10-12(14-8-5-9-24-14)16-17(21)11-6-3-4-7-13(11)19-18(16)22/h3-9,12H,2,10H2,1H3,(H2,19,21,22). The zero-order valence-corrected chi connectivity index (χ0v) is 13.1. The molecule has 0 amide bonds. The Bertz CT molecular complexity index is 911. The second-order valence-corrected chi connectivity index (χ2v) is 5.34. The van der Waals surface area contributed by atoms with E-state index in [1.807, 2.05) is 0 Å². The number of H-pyrrole nitrogens is 1. The molecule has 0 bridgehead atoms. The number of rotatable bonds is 5. The average Bonchev–Trinajstić information content (AvgIpc) is 3.08. The van der Waals surface area contributed by atoms with E-state index in [1.54, 1.807) is 43.3 Å². The Kier molecular flexibility index (Phi) is 4.37. The van der Waals surface area contributed by atoms with E-state index in [1.165, 1.54) is 6.26 Å². The van der Waals surface area contributed by atoms with E-state index >= 15 is 0 Å². The first-order chi connectivity index (χ1) is 11.6. The Morgan fingerprint density at radius 3 is 2.79 bits per heavy atom. The van der Waals surface area contributed by atoms with Gasteiger partial charge in [-0.05, 0) is 31.2 Å². The largest absolute Gasteiger partial charge is 0.507 e. The molecule has 0 aliphatic heterocycles. The van der Waals surface area contributed by atoms with Gasteiger partial charge >= 0.3 is 5.97 Å². The highest BCUT2D eigenvalue weighted by Gasteiger charge is 2.28. The summed E-state index contributed by atoms with van der Waals surface area (Å²) in [5.41, 5.74) is 0.159. The van der Waals surface area contributed by atoms with Crippen molar-refractivity contribution in [3.8, 4) is 5.75 Å². The Balaban J connectivity index is 2.16. The van der Waals surface area contributed by atoms with Crippen LogP contribution in [0.1, 0.15) is 30.6 Å². The molecule has 3 rings (SSSR count). The van der Waals surface area contributed by atoms with Gasteiger partial charge in [-0.3, -0.25) is 9.59 Å². The Morgan fingerprint density at radius 2 is 2.08 bits per heavy atom. The smallest absolute Gasteiger partial charge is 0.306 e. The first kappa shape index (κ1) is 15.9. The molecular weight excluding hydrogens is 310 g/mol. The van der Waals surface area contributed by atoms with Crippen LogP contribution >= 0.6 is 0 Å². The van der Waals surface area contributed by atoms with Crippen molar-refractivity contribution in [3.05, 3.63) is 64.3 Å². The number of hydrogen-bond donors (Lipinski definition) is 2. The minimum absolute atomic E-state index is 0.0942. The Hall–Kier alpha value is -3.02. The number of para-hydroxylation sites is 1. The molecule has 0 saturated heterocycles. The quantitative estimate of drug-likeness (QED) is 0.703. The summed E-state index contributed by atoms with van der Waals surface area (Å²) >= 11 is 0. The SMILES string of the molecule is CCOC(=O)CC(c1ccco1)c1c(O)c2ccccc2[nH]c1=O. The number of ether oxygens (including phenoxy) is 1. The van der Waals surface area contributed by atoms with Gasteiger partial charge in [0.1, 0.15) is 11.5 Å². The lowest BCUT2D eigenvalue weighted by Crippen LogP contribution is -2.20. The van der Waals surface area contributed by atoms with Gasteiger partial charge in [-0.2, -0.15) is 0 Å². The summed E-state index contributed by atoms with van der Waals surface area (Å²) < 4.78 is 10.4. The fourth-order valence-electron chi connectivity index (χ4n) is 2.79. The molecule has 1 aromatic carbocycles. The van der Waals surface area contributed by atoms with Crippen molar-refractivity contribution < 1.29 is 19.1 Å². The molecular formula is C18H17NO5. The summed E-state index contributed by atoms with van der Waals surface area (Å²) in [5.74, 6) is -0.933. The number of pyridine rings is 1. The molecule has 0 aliphatic rings. The van der Waals surface area contributed by atoms with Crippen LogP contribution < -0.4 is 5.56 Å². The topological polar surface area (TPSA) is 92.5 Å². The number of aromatic nitrogens is 1. The molecule has 0 aliphatic carbocycles. The maximum atomic E-state index is 12.5. The lowest BCUT2D eigenvalue weighted by molar-refractivity contribution is -0.143. The third-order valence-corrected chi connectivity index (χ3v) is 3.84. The van der Waals surface area contributed by atoms with Gasteiger partial charge in [-0.1, -0.05) is 12.1 Å². The summed E-state index contributed by atoms with van der Waals surface area (Å²) in [4.78, 5) is 27.2. The zero-order chi connectivity index (χ0) is 17.1. The molecule has 6 heteroatoms. The second kappa shape index (κ2) is 6.62. The number of benzene rings is 1. The Labute approximate surface area is 137 Å².